The molecule has 20 heavy (non-hydrogen) atoms. The Labute approximate surface area is 122 Å². The predicted molar refractivity (Wildman–Crippen MR) is 78.4 cm³/mol. The van der Waals surface area contributed by atoms with Crippen molar-refractivity contribution < 1.29 is 13.2 Å². The van der Waals surface area contributed by atoms with Gasteiger partial charge in [-0.1, -0.05) is 6.92 Å². The van der Waals surface area contributed by atoms with Crippen molar-refractivity contribution in [1.29, 1.82) is 0 Å². The Hall–Kier alpha value is -0.210. The third-order valence-corrected chi connectivity index (χ3v) is 6.31. The number of hydrogen-bond acceptors (Lipinski definition) is 4. The molecular formula is C13H27N3O3S. The second-order valence-corrected chi connectivity index (χ2v) is 8.00. The molecule has 0 aromatic rings. The number of hydrogen-bond donors (Lipinski definition) is 1. The van der Waals surface area contributed by atoms with E-state index in [0.29, 0.717) is 32.1 Å². The normalized spacial score (nSPS) is 38.0. The van der Waals surface area contributed by atoms with Crippen LogP contribution in [0.25, 0.3) is 0 Å². The summed E-state index contributed by atoms with van der Waals surface area (Å²) in [4.78, 5) is 0. The number of nitrogens with two attached hydrogens (primary N) is 1. The number of rotatable bonds is 3. The van der Waals surface area contributed by atoms with E-state index in [0.717, 1.165) is 12.8 Å². The van der Waals surface area contributed by atoms with E-state index >= 15 is 0 Å². The topological polar surface area (TPSA) is 75.9 Å². The van der Waals surface area contributed by atoms with Gasteiger partial charge in [-0.2, -0.15) is 17.0 Å². The van der Waals surface area contributed by atoms with E-state index in [1.165, 1.54) is 0 Å². The van der Waals surface area contributed by atoms with E-state index in [9.17, 15) is 8.42 Å². The average molecular weight is 305 g/mol. The van der Waals surface area contributed by atoms with Gasteiger partial charge in [0.15, 0.2) is 0 Å². The Morgan fingerprint density at radius 2 is 1.80 bits per heavy atom. The molecule has 0 radical (unpaired) electrons. The molecule has 2 N–H and O–H groups in total. The van der Waals surface area contributed by atoms with Crippen LogP contribution in [0, 0.1) is 5.92 Å². The maximum absolute atomic E-state index is 12.9. The quantitative estimate of drug-likeness (QED) is 0.819. The van der Waals surface area contributed by atoms with Gasteiger partial charge in [0.05, 0.1) is 12.2 Å². The number of piperidine rings is 1. The van der Waals surface area contributed by atoms with Crippen LogP contribution < -0.4 is 5.73 Å². The van der Waals surface area contributed by atoms with E-state index in [1.807, 2.05) is 13.8 Å². The van der Waals surface area contributed by atoms with Gasteiger partial charge in [0, 0.05) is 32.2 Å². The Balaban J connectivity index is 2.20. The van der Waals surface area contributed by atoms with Gasteiger partial charge in [-0.25, -0.2) is 0 Å². The molecule has 0 saturated carbocycles. The fourth-order valence-electron chi connectivity index (χ4n) is 3.31. The van der Waals surface area contributed by atoms with Gasteiger partial charge in [-0.15, -0.1) is 0 Å². The molecule has 0 unspecified atom stereocenters. The van der Waals surface area contributed by atoms with Crippen LogP contribution in [-0.4, -0.2) is 61.5 Å². The highest BCUT2D eigenvalue weighted by Crippen LogP contribution is 2.28. The summed E-state index contributed by atoms with van der Waals surface area (Å²) >= 11 is 0. The highest BCUT2D eigenvalue weighted by atomic mass is 32.2. The first-order valence-corrected chi connectivity index (χ1v) is 8.88. The van der Waals surface area contributed by atoms with Crippen LogP contribution in [-0.2, 0) is 14.9 Å². The first-order chi connectivity index (χ1) is 9.36. The minimum Gasteiger partial charge on any atom is -0.373 e. The highest BCUT2D eigenvalue weighted by Gasteiger charge is 2.41. The van der Waals surface area contributed by atoms with Crippen molar-refractivity contribution in [1.82, 2.24) is 8.61 Å². The van der Waals surface area contributed by atoms with Gasteiger partial charge < -0.3 is 10.5 Å². The van der Waals surface area contributed by atoms with Crippen LogP contribution in [0.2, 0.25) is 0 Å². The zero-order chi connectivity index (χ0) is 14.9. The standard InChI is InChI=1S/C13H27N3O3S/c1-10-5-4-6-16(13(10)7-14)20(17,18)15-8-11(2)19-12(3)9-15/h10-13H,4-9,14H2,1-3H3/t10-,11+,12+,13-/m0/s1. The largest absolute Gasteiger partial charge is 0.373 e. The molecule has 118 valence electrons. The predicted octanol–water partition coefficient (Wildman–Crippen LogP) is 0.400. The van der Waals surface area contributed by atoms with Crippen LogP contribution in [0.15, 0.2) is 0 Å². The highest BCUT2D eigenvalue weighted by molar-refractivity contribution is 7.86. The molecule has 2 rings (SSSR count). The van der Waals surface area contributed by atoms with Crippen molar-refractivity contribution >= 4 is 10.2 Å². The molecule has 2 heterocycles. The SMILES string of the molecule is C[C@@H]1CN(S(=O)(=O)N2CCC[C@H](C)[C@@H]2CN)C[C@@H](C)O1. The summed E-state index contributed by atoms with van der Waals surface area (Å²) in [7, 11) is -3.44. The Bertz CT molecular complexity index is 419. The van der Waals surface area contributed by atoms with Crippen molar-refractivity contribution in [2.75, 3.05) is 26.2 Å². The fraction of sp³-hybridized carbons (Fsp3) is 1.00. The second kappa shape index (κ2) is 6.27. The maximum atomic E-state index is 12.9. The van der Waals surface area contributed by atoms with Crippen molar-refractivity contribution in [3.05, 3.63) is 0 Å². The lowest BCUT2D eigenvalue weighted by atomic mass is 9.93. The van der Waals surface area contributed by atoms with Crippen LogP contribution in [0.3, 0.4) is 0 Å². The molecule has 4 atom stereocenters. The maximum Gasteiger partial charge on any atom is 0.282 e. The summed E-state index contributed by atoms with van der Waals surface area (Å²) in [5.74, 6) is 0.319. The van der Waals surface area contributed by atoms with Gasteiger partial charge in [0.2, 0.25) is 0 Å². The van der Waals surface area contributed by atoms with Gasteiger partial charge in [-0.05, 0) is 32.6 Å². The van der Waals surface area contributed by atoms with E-state index in [2.05, 4.69) is 6.92 Å². The van der Waals surface area contributed by atoms with Gasteiger partial charge >= 0.3 is 0 Å². The molecule has 2 saturated heterocycles. The van der Waals surface area contributed by atoms with Crippen molar-refractivity contribution in [3.8, 4) is 0 Å². The minimum atomic E-state index is -3.44. The second-order valence-electron chi connectivity index (χ2n) is 6.12. The van der Waals surface area contributed by atoms with Gasteiger partial charge in [0.1, 0.15) is 0 Å². The zero-order valence-corrected chi connectivity index (χ0v) is 13.5. The van der Waals surface area contributed by atoms with E-state index in [-0.39, 0.29) is 18.2 Å². The van der Waals surface area contributed by atoms with Crippen LogP contribution in [0.5, 0.6) is 0 Å². The number of morpholine rings is 1. The molecule has 0 spiro atoms. The van der Waals surface area contributed by atoms with Crippen LogP contribution in [0.1, 0.15) is 33.6 Å². The number of nitrogens with zero attached hydrogens (tertiary/aromatic N) is 2. The first-order valence-electron chi connectivity index (χ1n) is 7.48. The van der Waals surface area contributed by atoms with E-state index in [1.54, 1.807) is 8.61 Å². The lowest BCUT2D eigenvalue weighted by molar-refractivity contribution is -0.0462. The Morgan fingerprint density at radius 1 is 1.20 bits per heavy atom. The molecule has 6 nitrogen and oxygen atoms in total. The summed E-state index contributed by atoms with van der Waals surface area (Å²) < 4.78 is 34.6. The smallest absolute Gasteiger partial charge is 0.282 e. The molecule has 0 aliphatic carbocycles. The summed E-state index contributed by atoms with van der Waals surface area (Å²) in [6, 6.07) is -0.0813. The summed E-state index contributed by atoms with van der Waals surface area (Å²) in [5.41, 5.74) is 5.82. The molecule has 0 aromatic heterocycles. The summed E-state index contributed by atoms with van der Waals surface area (Å²) in [6.07, 6.45) is 1.83. The Kier molecular flexibility index (Phi) is 5.07. The Morgan fingerprint density at radius 3 is 2.35 bits per heavy atom. The number of ether oxygens (including phenoxy) is 1. The third-order valence-electron chi connectivity index (χ3n) is 4.31. The summed E-state index contributed by atoms with van der Waals surface area (Å²) in [6.45, 7) is 7.73. The molecular weight excluding hydrogens is 278 g/mol. The molecule has 2 fully saturated rings. The van der Waals surface area contributed by atoms with Gasteiger partial charge in [0.25, 0.3) is 10.2 Å². The molecule has 0 bridgehead atoms. The fourth-order valence-corrected chi connectivity index (χ4v) is 5.40. The van der Waals surface area contributed by atoms with E-state index < -0.39 is 10.2 Å². The van der Waals surface area contributed by atoms with Crippen LogP contribution >= 0.6 is 0 Å². The monoisotopic (exact) mass is 305 g/mol. The van der Waals surface area contributed by atoms with Crippen molar-refractivity contribution in [2.45, 2.75) is 51.9 Å². The van der Waals surface area contributed by atoms with Gasteiger partial charge in [-0.3, -0.25) is 0 Å². The molecule has 7 heteroatoms. The minimum absolute atomic E-state index is 0.0629. The zero-order valence-electron chi connectivity index (χ0n) is 12.7. The van der Waals surface area contributed by atoms with E-state index in [4.69, 9.17) is 10.5 Å². The van der Waals surface area contributed by atoms with Crippen LogP contribution in [0.4, 0.5) is 0 Å². The van der Waals surface area contributed by atoms with Crippen molar-refractivity contribution in [3.63, 3.8) is 0 Å². The first kappa shape index (κ1) is 16.2. The average Bonchev–Trinajstić information content (AvgIpc) is 2.37. The molecule has 2 aliphatic heterocycles. The third kappa shape index (κ3) is 3.17. The van der Waals surface area contributed by atoms with Crippen molar-refractivity contribution in [2.24, 2.45) is 11.7 Å². The molecule has 0 amide bonds. The summed E-state index contributed by atoms with van der Waals surface area (Å²) in [5, 5.41) is 0. The lowest BCUT2D eigenvalue weighted by Gasteiger charge is -2.43. The molecule has 0 aromatic carbocycles. The lowest BCUT2D eigenvalue weighted by Crippen LogP contribution is -2.59. The molecule has 2 aliphatic rings.